The zero-order valence-electron chi connectivity index (χ0n) is 14.6. The SMILES string of the molecule is COCCn1c(SCC(=O)Nc2ccccc2OC)nc2cccnc21. The summed E-state index contributed by atoms with van der Waals surface area (Å²) in [5, 5.41) is 3.61. The van der Waals surface area contributed by atoms with E-state index in [9.17, 15) is 4.79 Å². The normalized spacial score (nSPS) is 10.8. The maximum Gasteiger partial charge on any atom is 0.234 e. The summed E-state index contributed by atoms with van der Waals surface area (Å²) in [7, 11) is 3.23. The van der Waals surface area contributed by atoms with Crippen LogP contribution in [0, 0.1) is 0 Å². The predicted octanol–water partition coefficient (Wildman–Crippen LogP) is 2.82. The molecule has 0 unspecified atom stereocenters. The lowest BCUT2D eigenvalue weighted by atomic mass is 10.3. The van der Waals surface area contributed by atoms with Crippen LogP contribution in [0.1, 0.15) is 0 Å². The number of thioether (sulfide) groups is 1. The minimum atomic E-state index is -0.127. The molecule has 0 bridgehead atoms. The molecule has 0 aliphatic heterocycles. The van der Waals surface area contributed by atoms with E-state index in [1.807, 2.05) is 28.8 Å². The van der Waals surface area contributed by atoms with Gasteiger partial charge >= 0.3 is 0 Å². The summed E-state index contributed by atoms with van der Waals surface area (Å²) in [4.78, 5) is 21.3. The summed E-state index contributed by atoms with van der Waals surface area (Å²) in [5.41, 5.74) is 2.24. The van der Waals surface area contributed by atoms with Crippen molar-refractivity contribution in [3.63, 3.8) is 0 Å². The number of imidazole rings is 1. The van der Waals surface area contributed by atoms with E-state index in [2.05, 4.69) is 15.3 Å². The number of rotatable bonds is 8. The number of aromatic nitrogens is 3. The number of hydrogen-bond acceptors (Lipinski definition) is 6. The smallest absolute Gasteiger partial charge is 0.234 e. The van der Waals surface area contributed by atoms with E-state index < -0.39 is 0 Å². The first kappa shape index (κ1) is 18.2. The molecule has 3 aromatic rings. The van der Waals surface area contributed by atoms with Gasteiger partial charge in [0, 0.05) is 13.3 Å². The second-order valence-corrected chi connectivity index (χ2v) is 6.36. The highest BCUT2D eigenvalue weighted by atomic mass is 32.2. The number of para-hydroxylation sites is 2. The van der Waals surface area contributed by atoms with Crippen molar-refractivity contribution < 1.29 is 14.3 Å². The largest absolute Gasteiger partial charge is 0.495 e. The maximum atomic E-state index is 12.3. The van der Waals surface area contributed by atoms with Crippen LogP contribution < -0.4 is 10.1 Å². The average Bonchev–Trinajstić information content (AvgIpc) is 3.02. The van der Waals surface area contributed by atoms with Crippen LogP contribution in [0.5, 0.6) is 5.75 Å². The Balaban J connectivity index is 1.71. The Kier molecular flexibility index (Phi) is 6.08. The Morgan fingerprint density at radius 3 is 2.88 bits per heavy atom. The zero-order chi connectivity index (χ0) is 18.4. The first-order chi connectivity index (χ1) is 12.7. The molecule has 1 N–H and O–H groups in total. The van der Waals surface area contributed by atoms with Gasteiger partial charge in [0.1, 0.15) is 11.3 Å². The minimum Gasteiger partial charge on any atom is -0.495 e. The molecule has 0 spiro atoms. The number of pyridine rings is 1. The van der Waals surface area contributed by atoms with Gasteiger partial charge in [-0.05, 0) is 24.3 Å². The van der Waals surface area contributed by atoms with E-state index in [1.54, 1.807) is 32.5 Å². The average molecular weight is 372 g/mol. The molecule has 2 heterocycles. The number of ether oxygens (including phenoxy) is 2. The number of nitrogens with zero attached hydrogens (tertiary/aromatic N) is 3. The van der Waals surface area contributed by atoms with Gasteiger partial charge in [0.25, 0.3) is 0 Å². The third kappa shape index (κ3) is 4.14. The monoisotopic (exact) mass is 372 g/mol. The number of carbonyl (C=O) groups is 1. The number of nitrogens with one attached hydrogen (secondary N) is 1. The Morgan fingerprint density at radius 1 is 1.23 bits per heavy atom. The predicted molar refractivity (Wildman–Crippen MR) is 102 cm³/mol. The van der Waals surface area contributed by atoms with Crippen molar-refractivity contribution in [2.24, 2.45) is 0 Å². The highest BCUT2D eigenvalue weighted by molar-refractivity contribution is 7.99. The molecule has 3 rings (SSSR count). The number of amides is 1. The first-order valence-electron chi connectivity index (χ1n) is 8.08. The van der Waals surface area contributed by atoms with E-state index in [0.29, 0.717) is 24.6 Å². The van der Waals surface area contributed by atoms with E-state index >= 15 is 0 Å². The molecule has 26 heavy (non-hydrogen) atoms. The Bertz CT molecular complexity index is 897. The fraction of sp³-hybridized carbons (Fsp3) is 0.278. The van der Waals surface area contributed by atoms with E-state index in [1.165, 1.54) is 11.8 Å². The van der Waals surface area contributed by atoms with E-state index in [0.717, 1.165) is 16.3 Å². The molecule has 8 heteroatoms. The molecule has 0 aliphatic rings. The molecule has 0 saturated carbocycles. The first-order valence-corrected chi connectivity index (χ1v) is 9.07. The van der Waals surface area contributed by atoms with Crippen molar-refractivity contribution in [2.45, 2.75) is 11.7 Å². The van der Waals surface area contributed by atoms with Crippen molar-refractivity contribution in [3.8, 4) is 5.75 Å². The van der Waals surface area contributed by atoms with Gasteiger partial charge in [-0.3, -0.25) is 4.79 Å². The number of benzene rings is 1. The van der Waals surface area contributed by atoms with E-state index in [-0.39, 0.29) is 11.7 Å². The molecule has 136 valence electrons. The highest BCUT2D eigenvalue weighted by Gasteiger charge is 2.14. The summed E-state index contributed by atoms with van der Waals surface area (Å²) in [6.07, 6.45) is 1.73. The minimum absolute atomic E-state index is 0.127. The van der Waals surface area contributed by atoms with Gasteiger partial charge in [-0.2, -0.15) is 0 Å². The molecule has 0 aliphatic carbocycles. The highest BCUT2D eigenvalue weighted by Crippen LogP contribution is 2.25. The molecule has 0 atom stereocenters. The van der Waals surface area contributed by atoms with Crippen LogP contribution in [0.15, 0.2) is 47.8 Å². The van der Waals surface area contributed by atoms with Gasteiger partial charge < -0.3 is 19.4 Å². The van der Waals surface area contributed by atoms with Gasteiger partial charge in [0.15, 0.2) is 10.8 Å². The Morgan fingerprint density at radius 2 is 2.08 bits per heavy atom. The van der Waals surface area contributed by atoms with E-state index in [4.69, 9.17) is 9.47 Å². The number of fused-ring (bicyclic) bond motifs is 1. The summed E-state index contributed by atoms with van der Waals surface area (Å²) in [6, 6.07) is 11.1. The molecule has 0 radical (unpaired) electrons. The van der Waals surface area contributed by atoms with Crippen LogP contribution in [0.25, 0.3) is 11.2 Å². The number of anilines is 1. The van der Waals surface area contributed by atoms with Gasteiger partial charge in [-0.25, -0.2) is 9.97 Å². The molecule has 7 nitrogen and oxygen atoms in total. The molecular weight excluding hydrogens is 352 g/mol. The molecule has 1 aromatic carbocycles. The van der Waals surface area contributed by atoms with Crippen molar-refractivity contribution >= 4 is 34.5 Å². The number of methoxy groups -OCH3 is 2. The summed E-state index contributed by atoms with van der Waals surface area (Å²) < 4.78 is 12.4. The van der Waals surface area contributed by atoms with Crippen molar-refractivity contribution in [1.82, 2.24) is 14.5 Å². The summed E-state index contributed by atoms with van der Waals surface area (Å²) >= 11 is 1.37. The lowest BCUT2D eigenvalue weighted by Crippen LogP contribution is -2.15. The topological polar surface area (TPSA) is 78.3 Å². The molecule has 1 amide bonds. The third-order valence-electron chi connectivity index (χ3n) is 3.70. The molecule has 0 fully saturated rings. The van der Waals surface area contributed by atoms with Gasteiger partial charge in [-0.1, -0.05) is 23.9 Å². The fourth-order valence-corrected chi connectivity index (χ4v) is 3.33. The lowest BCUT2D eigenvalue weighted by Gasteiger charge is -2.10. The molecule has 2 aromatic heterocycles. The fourth-order valence-electron chi connectivity index (χ4n) is 2.50. The Hall–Kier alpha value is -2.58. The van der Waals surface area contributed by atoms with Gasteiger partial charge in [-0.15, -0.1) is 0 Å². The zero-order valence-corrected chi connectivity index (χ0v) is 15.5. The van der Waals surface area contributed by atoms with Crippen LogP contribution in [0.3, 0.4) is 0 Å². The lowest BCUT2D eigenvalue weighted by molar-refractivity contribution is -0.113. The third-order valence-corrected chi connectivity index (χ3v) is 4.68. The number of carbonyl (C=O) groups excluding carboxylic acids is 1. The Labute approximate surface area is 155 Å². The van der Waals surface area contributed by atoms with Crippen molar-refractivity contribution in [2.75, 3.05) is 31.9 Å². The second kappa shape index (κ2) is 8.68. The van der Waals surface area contributed by atoms with Crippen LogP contribution in [0.2, 0.25) is 0 Å². The van der Waals surface area contributed by atoms with Crippen LogP contribution in [0.4, 0.5) is 5.69 Å². The molecule has 0 saturated heterocycles. The standard InChI is InChI=1S/C18H20N4O3S/c1-24-11-10-22-17-14(7-5-9-19-17)21-18(22)26-12-16(23)20-13-6-3-4-8-15(13)25-2/h3-9H,10-12H2,1-2H3,(H,20,23). The van der Waals surface area contributed by atoms with Crippen molar-refractivity contribution in [1.29, 1.82) is 0 Å². The van der Waals surface area contributed by atoms with Gasteiger partial charge in [0.05, 0.1) is 31.7 Å². The van der Waals surface area contributed by atoms with Gasteiger partial charge in [0.2, 0.25) is 5.91 Å². The maximum absolute atomic E-state index is 12.3. The van der Waals surface area contributed by atoms with Crippen molar-refractivity contribution in [3.05, 3.63) is 42.6 Å². The van der Waals surface area contributed by atoms with Crippen LogP contribution in [-0.2, 0) is 16.1 Å². The number of hydrogen-bond donors (Lipinski definition) is 1. The molecular formula is C18H20N4O3S. The summed E-state index contributed by atoms with van der Waals surface area (Å²) in [6.45, 7) is 1.17. The quantitative estimate of drug-likeness (QED) is 0.613. The van der Waals surface area contributed by atoms with Crippen LogP contribution in [-0.4, -0.2) is 47.0 Å². The van der Waals surface area contributed by atoms with Crippen LogP contribution >= 0.6 is 11.8 Å². The summed E-state index contributed by atoms with van der Waals surface area (Å²) in [5.74, 6) is 0.731. The second-order valence-electron chi connectivity index (χ2n) is 5.42.